The van der Waals surface area contributed by atoms with E-state index in [4.69, 9.17) is 4.98 Å². The van der Waals surface area contributed by atoms with Crippen molar-refractivity contribution in [1.82, 2.24) is 15.0 Å². The fourth-order valence-electron chi connectivity index (χ4n) is 3.54. The van der Waals surface area contributed by atoms with Gasteiger partial charge in [-0.3, -0.25) is 9.29 Å². The molecule has 0 spiro atoms. The smallest absolute Gasteiger partial charge is 0.231 e. The molecule has 0 atom stereocenters. The highest BCUT2D eigenvalue weighted by Gasteiger charge is 2.20. The van der Waals surface area contributed by atoms with Gasteiger partial charge >= 0.3 is 0 Å². The normalized spacial score (nSPS) is 13.3. The standard InChI is InChI=1S/C22H18N4O2S2/c1-26(30(2,27)28)16-5-3-4-15(10-16)20-12-23-19-9-7-17(22(19)25-20)14-6-8-18-21(11-14)29-13-24-18/h3-8,10-13H,9H2,1-2H3. The van der Waals surface area contributed by atoms with Crippen molar-refractivity contribution in [3.05, 3.63) is 77.2 Å². The molecule has 0 aliphatic heterocycles. The van der Waals surface area contributed by atoms with Gasteiger partial charge in [0.2, 0.25) is 10.0 Å². The van der Waals surface area contributed by atoms with Crippen LogP contribution in [0.15, 0.2) is 60.2 Å². The van der Waals surface area contributed by atoms with Gasteiger partial charge in [-0.15, -0.1) is 11.3 Å². The first-order valence-electron chi connectivity index (χ1n) is 9.34. The molecule has 0 radical (unpaired) electrons. The molecule has 30 heavy (non-hydrogen) atoms. The van der Waals surface area contributed by atoms with E-state index < -0.39 is 10.0 Å². The maximum absolute atomic E-state index is 11.9. The molecule has 0 amide bonds. The Kier molecular flexibility index (Phi) is 4.41. The molecule has 8 heteroatoms. The van der Waals surface area contributed by atoms with Crippen LogP contribution in [0.4, 0.5) is 5.69 Å². The third kappa shape index (κ3) is 3.28. The predicted octanol–water partition coefficient (Wildman–Crippen LogP) is 4.14. The summed E-state index contributed by atoms with van der Waals surface area (Å²) in [6.07, 6.45) is 5.84. The summed E-state index contributed by atoms with van der Waals surface area (Å²) in [7, 11) is -1.80. The Morgan fingerprint density at radius 1 is 1.07 bits per heavy atom. The summed E-state index contributed by atoms with van der Waals surface area (Å²) >= 11 is 1.62. The van der Waals surface area contributed by atoms with E-state index in [9.17, 15) is 8.42 Å². The number of hydrogen-bond donors (Lipinski definition) is 0. The summed E-state index contributed by atoms with van der Waals surface area (Å²) in [4.78, 5) is 13.9. The van der Waals surface area contributed by atoms with E-state index in [1.54, 1.807) is 30.6 Å². The molecule has 6 nitrogen and oxygen atoms in total. The molecule has 2 aromatic carbocycles. The van der Waals surface area contributed by atoms with E-state index in [0.29, 0.717) is 11.4 Å². The maximum atomic E-state index is 11.9. The van der Waals surface area contributed by atoms with Crippen LogP contribution in [-0.2, 0) is 16.4 Å². The molecule has 1 aliphatic carbocycles. The molecule has 0 N–H and O–H groups in total. The first-order valence-corrected chi connectivity index (χ1v) is 12.1. The summed E-state index contributed by atoms with van der Waals surface area (Å²) in [5, 5.41) is 0. The number of benzene rings is 2. The number of nitrogens with zero attached hydrogens (tertiary/aromatic N) is 4. The maximum Gasteiger partial charge on any atom is 0.231 e. The first kappa shape index (κ1) is 18.9. The van der Waals surface area contributed by atoms with E-state index in [1.807, 2.05) is 29.8 Å². The molecule has 2 heterocycles. The molecule has 1 aliphatic rings. The largest absolute Gasteiger partial charge is 0.274 e. The molecule has 0 unspecified atom stereocenters. The number of anilines is 1. The lowest BCUT2D eigenvalue weighted by molar-refractivity contribution is 0.600. The van der Waals surface area contributed by atoms with Gasteiger partial charge in [-0.1, -0.05) is 24.3 Å². The second kappa shape index (κ2) is 7.00. The van der Waals surface area contributed by atoms with Crippen LogP contribution < -0.4 is 4.31 Å². The van der Waals surface area contributed by atoms with Gasteiger partial charge in [0.05, 0.1) is 50.9 Å². The molecule has 4 aromatic rings. The third-order valence-electron chi connectivity index (χ3n) is 5.25. The fraction of sp³-hybridized carbons (Fsp3) is 0.136. The highest BCUT2D eigenvalue weighted by atomic mass is 32.2. The van der Waals surface area contributed by atoms with Crippen LogP contribution in [0, 0.1) is 0 Å². The average Bonchev–Trinajstić information content (AvgIpc) is 3.38. The van der Waals surface area contributed by atoms with Crippen molar-refractivity contribution >= 4 is 42.8 Å². The summed E-state index contributed by atoms with van der Waals surface area (Å²) in [5.74, 6) is 0. The van der Waals surface area contributed by atoms with Gasteiger partial charge in [0.15, 0.2) is 0 Å². The minimum atomic E-state index is -3.34. The molecule has 0 fully saturated rings. The van der Waals surface area contributed by atoms with Crippen molar-refractivity contribution in [2.75, 3.05) is 17.6 Å². The zero-order chi connectivity index (χ0) is 20.9. The van der Waals surface area contributed by atoms with Crippen molar-refractivity contribution in [2.24, 2.45) is 0 Å². The van der Waals surface area contributed by atoms with E-state index in [1.165, 1.54) is 10.6 Å². The van der Waals surface area contributed by atoms with Crippen LogP contribution in [0.3, 0.4) is 0 Å². The fourth-order valence-corrected chi connectivity index (χ4v) is 4.76. The Bertz CT molecular complexity index is 1420. The summed E-state index contributed by atoms with van der Waals surface area (Å²) in [5.41, 5.74) is 8.95. The highest BCUT2D eigenvalue weighted by molar-refractivity contribution is 7.92. The van der Waals surface area contributed by atoms with Gasteiger partial charge in [-0.25, -0.2) is 18.4 Å². The summed E-state index contributed by atoms with van der Waals surface area (Å²) in [6.45, 7) is 0. The molecule has 0 saturated heterocycles. The average molecular weight is 435 g/mol. The lowest BCUT2D eigenvalue weighted by atomic mass is 10.0. The van der Waals surface area contributed by atoms with Crippen molar-refractivity contribution in [2.45, 2.75) is 6.42 Å². The second-order valence-corrected chi connectivity index (χ2v) is 10.1. The zero-order valence-electron chi connectivity index (χ0n) is 16.4. The minimum absolute atomic E-state index is 0.587. The van der Waals surface area contributed by atoms with Crippen LogP contribution in [0.25, 0.3) is 27.0 Å². The number of sulfonamides is 1. The predicted molar refractivity (Wildman–Crippen MR) is 121 cm³/mol. The number of rotatable bonds is 4. The van der Waals surface area contributed by atoms with Gasteiger partial charge in [-0.2, -0.15) is 0 Å². The molecular formula is C22H18N4O2S2. The molecular weight excluding hydrogens is 416 g/mol. The van der Waals surface area contributed by atoms with Crippen molar-refractivity contribution in [1.29, 1.82) is 0 Å². The first-order chi connectivity index (χ1) is 14.4. The quantitative estimate of drug-likeness (QED) is 0.483. The number of hydrogen-bond acceptors (Lipinski definition) is 6. The van der Waals surface area contributed by atoms with Gasteiger partial charge < -0.3 is 0 Å². The van der Waals surface area contributed by atoms with Crippen LogP contribution in [0.5, 0.6) is 0 Å². The Balaban J connectivity index is 1.55. The monoisotopic (exact) mass is 434 g/mol. The van der Waals surface area contributed by atoms with Gasteiger partial charge in [-0.05, 0) is 29.8 Å². The van der Waals surface area contributed by atoms with Crippen LogP contribution in [-0.4, -0.2) is 36.7 Å². The Morgan fingerprint density at radius 2 is 1.93 bits per heavy atom. The van der Waals surface area contributed by atoms with Crippen molar-refractivity contribution < 1.29 is 8.42 Å². The lowest BCUT2D eigenvalue weighted by Gasteiger charge is -2.17. The number of allylic oxidation sites excluding steroid dienone is 1. The summed E-state index contributed by atoms with van der Waals surface area (Å²) in [6, 6.07) is 13.6. The van der Waals surface area contributed by atoms with Crippen LogP contribution >= 0.6 is 11.3 Å². The second-order valence-electron chi connectivity index (χ2n) is 7.19. The Hall–Kier alpha value is -3.10. The molecule has 0 bridgehead atoms. The van der Waals surface area contributed by atoms with E-state index in [-0.39, 0.29) is 0 Å². The lowest BCUT2D eigenvalue weighted by Crippen LogP contribution is -2.24. The van der Waals surface area contributed by atoms with Crippen molar-refractivity contribution in [3.8, 4) is 11.3 Å². The van der Waals surface area contributed by atoms with E-state index in [0.717, 1.165) is 44.7 Å². The molecule has 2 aromatic heterocycles. The summed E-state index contributed by atoms with van der Waals surface area (Å²) < 4.78 is 26.2. The van der Waals surface area contributed by atoms with Gasteiger partial charge in [0.1, 0.15) is 0 Å². The SMILES string of the molecule is CN(c1cccc(-c2cnc3c(n2)C(c2ccc4ncsc4c2)=CC3)c1)S(C)(=O)=O. The Labute approximate surface area is 178 Å². The van der Waals surface area contributed by atoms with Gasteiger partial charge in [0, 0.05) is 24.6 Å². The van der Waals surface area contributed by atoms with E-state index in [2.05, 4.69) is 28.2 Å². The third-order valence-corrected chi connectivity index (χ3v) is 7.25. The number of fused-ring (bicyclic) bond motifs is 2. The highest BCUT2D eigenvalue weighted by Crippen LogP contribution is 2.34. The van der Waals surface area contributed by atoms with Crippen LogP contribution in [0.2, 0.25) is 0 Å². The molecule has 0 saturated carbocycles. The number of thiazole rings is 1. The Morgan fingerprint density at radius 3 is 2.77 bits per heavy atom. The molecule has 150 valence electrons. The minimum Gasteiger partial charge on any atom is -0.274 e. The molecule has 5 rings (SSSR count). The topological polar surface area (TPSA) is 76.1 Å². The number of aromatic nitrogens is 3. The van der Waals surface area contributed by atoms with Gasteiger partial charge in [0.25, 0.3) is 0 Å². The zero-order valence-corrected chi connectivity index (χ0v) is 18.0. The van der Waals surface area contributed by atoms with Crippen molar-refractivity contribution in [3.63, 3.8) is 0 Å². The van der Waals surface area contributed by atoms with E-state index >= 15 is 0 Å². The van der Waals surface area contributed by atoms with Crippen LogP contribution in [0.1, 0.15) is 17.0 Å².